The van der Waals surface area contributed by atoms with Gasteiger partial charge in [-0.3, -0.25) is 0 Å². The fourth-order valence-electron chi connectivity index (χ4n) is 2.49. The van der Waals surface area contributed by atoms with E-state index in [1.54, 1.807) is 0 Å². The lowest BCUT2D eigenvalue weighted by atomic mass is 9.80. The molecule has 0 aromatic heterocycles. The zero-order valence-corrected chi connectivity index (χ0v) is 9.13. The zero-order chi connectivity index (χ0) is 9.42. The third kappa shape index (κ3) is 1.86. The van der Waals surface area contributed by atoms with Crippen LogP contribution < -0.4 is 0 Å². The van der Waals surface area contributed by atoms with Crippen LogP contribution in [0.15, 0.2) is 12.3 Å². The number of rotatable bonds is 0. The first-order chi connectivity index (χ1) is 6.16. The van der Waals surface area contributed by atoms with Gasteiger partial charge in [-0.2, -0.15) is 0 Å². The van der Waals surface area contributed by atoms with E-state index >= 15 is 0 Å². The van der Waals surface area contributed by atoms with E-state index in [1.807, 2.05) is 4.31 Å². The van der Waals surface area contributed by atoms with E-state index in [2.05, 4.69) is 31.3 Å². The second-order valence-electron chi connectivity index (χ2n) is 4.42. The van der Waals surface area contributed by atoms with Gasteiger partial charge in [-0.25, -0.2) is 0 Å². The molecule has 0 saturated carbocycles. The minimum Gasteiger partial charge on any atom is -0.323 e. The van der Waals surface area contributed by atoms with Gasteiger partial charge in [0.1, 0.15) is 0 Å². The van der Waals surface area contributed by atoms with Gasteiger partial charge in [0.25, 0.3) is 0 Å². The molecule has 2 aliphatic heterocycles. The molecule has 0 spiro atoms. The molecule has 0 aromatic rings. The summed E-state index contributed by atoms with van der Waals surface area (Å²) in [7, 11) is 2.21. The summed E-state index contributed by atoms with van der Waals surface area (Å²) in [6.45, 7) is 7.63. The van der Waals surface area contributed by atoms with Crippen LogP contribution in [0, 0.1) is 11.8 Å². The van der Waals surface area contributed by atoms with Gasteiger partial charge in [0, 0.05) is 18.8 Å². The molecule has 2 rings (SSSR count). The van der Waals surface area contributed by atoms with E-state index in [0.29, 0.717) is 0 Å². The molecule has 2 aliphatic rings. The van der Waals surface area contributed by atoms with Crippen molar-refractivity contribution in [3.63, 3.8) is 0 Å². The largest absolute Gasteiger partial charge is 0.323 e. The first-order valence-electron chi connectivity index (χ1n) is 4.99. The maximum atomic E-state index is 4.42. The summed E-state index contributed by atoms with van der Waals surface area (Å²) in [5.41, 5.74) is 1.19. The van der Waals surface area contributed by atoms with Gasteiger partial charge in [0.15, 0.2) is 0 Å². The maximum Gasteiger partial charge on any atom is 0.0321 e. The second-order valence-corrected chi connectivity index (χ2v) is 4.91. The average Bonchev–Trinajstić information content (AvgIpc) is 2.08. The third-order valence-corrected chi connectivity index (χ3v) is 3.81. The normalized spacial score (nSPS) is 36.2. The monoisotopic (exact) mass is 198 g/mol. The van der Waals surface area contributed by atoms with Gasteiger partial charge in [-0.1, -0.05) is 19.4 Å². The molecule has 0 aliphatic carbocycles. The van der Waals surface area contributed by atoms with E-state index in [4.69, 9.17) is 0 Å². The minimum atomic E-state index is 0.828. The predicted molar refractivity (Wildman–Crippen MR) is 58.5 cm³/mol. The van der Waals surface area contributed by atoms with Crippen LogP contribution in [0.1, 0.15) is 12.8 Å². The molecule has 2 nitrogen and oxygen atoms in total. The molecule has 1 unspecified atom stereocenters. The third-order valence-electron chi connectivity index (χ3n) is 3.36. The topological polar surface area (TPSA) is 6.48 Å². The number of nitrogens with zero attached hydrogens (tertiary/aromatic N) is 2. The Morgan fingerprint density at radius 3 is 2.92 bits per heavy atom. The summed E-state index contributed by atoms with van der Waals surface area (Å²) in [5, 5.41) is 0. The SMILES string of the molecule is C=C1C[C@@H]2CN(C)CCC2CN1S. The summed E-state index contributed by atoms with van der Waals surface area (Å²) < 4.78 is 2.03. The van der Waals surface area contributed by atoms with Gasteiger partial charge < -0.3 is 9.21 Å². The Balaban J connectivity index is 2.02. The zero-order valence-electron chi connectivity index (χ0n) is 8.24. The van der Waals surface area contributed by atoms with E-state index in [9.17, 15) is 0 Å². The van der Waals surface area contributed by atoms with Gasteiger partial charge in [0.05, 0.1) is 0 Å². The van der Waals surface area contributed by atoms with Crippen molar-refractivity contribution in [3.05, 3.63) is 12.3 Å². The quantitative estimate of drug-likeness (QED) is 0.591. The Hall–Kier alpha value is -0.150. The van der Waals surface area contributed by atoms with Crippen molar-refractivity contribution in [1.82, 2.24) is 9.21 Å². The number of allylic oxidation sites excluding steroid dienone is 1. The van der Waals surface area contributed by atoms with Crippen LogP contribution in [0.2, 0.25) is 0 Å². The smallest absolute Gasteiger partial charge is 0.0321 e. The lowest BCUT2D eigenvalue weighted by Gasteiger charge is -2.43. The van der Waals surface area contributed by atoms with Gasteiger partial charge >= 0.3 is 0 Å². The van der Waals surface area contributed by atoms with Crippen LogP contribution in [-0.4, -0.2) is 35.9 Å². The van der Waals surface area contributed by atoms with E-state index in [1.165, 1.54) is 25.2 Å². The molecule has 2 heterocycles. The Kier molecular flexibility index (Phi) is 2.56. The van der Waals surface area contributed by atoms with Crippen molar-refractivity contribution in [2.45, 2.75) is 12.8 Å². The van der Waals surface area contributed by atoms with Crippen molar-refractivity contribution >= 4 is 12.8 Å². The molecule has 0 aromatic carbocycles. The molecular formula is C10H18N2S. The number of hydrogen-bond acceptors (Lipinski definition) is 3. The highest BCUT2D eigenvalue weighted by Gasteiger charge is 2.33. The van der Waals surface area contributed by atoms with Crippen LogP contribution in [0.3, 0.4) is 0 Å². The van der Waals surface area contributed by atoms with Crippen LogP contribution >= 0.6 is 12.8 Å². The Bertz CT molecular complexity index is 217. The van der Waals surface area contributed by atoms with Crippen LogP contribution in [0.25, 0.3) is 0 Å². The number of fused-ring (bicyclic) bond motifs is 1. The molecule has 2 fully saturated rings. The molecule has 0 N–H and O–H groups in total. The molecule has 2 saturated heterocycles. The van der Waals surface area contributed by atoms with Crippen molar-refractivity contribution in [2.24, 2.45) is 11.8 Å². The number of thiol groups is 1. The molecule has 2 atom stereocenters. The fourth-order valence-corrected chi connectivity index (χ4v) is 2.78. The number of likely N-dealkylation sites (tertiary alicyclic amines) is 1. The Labute approximate surface area is 86.1 Å². The van der Waals surface area contributed by atoms with E-state index in [0.717, 1.165) is 24.8 Å². The number of hydrogen-bond donors (Lipinski definition) is 1. The second kappa shape index (κ2) is 3.54. The standard InChI is InChI=1S/C10H18N2S/c1-8-5-10-6-11(2)4-3-9(10)7-12(8)13/h9-10,13H,1,3-7H2,2H3/t9?,10-/m1/s1. The van der Waals surface area contributed by atoms with Crippen LogP contribution in [-0.2, 0) is 0 Å². The van der Waals surface area contributed by atoms with Gasteiger partial charge in [-0.15, -0.1) is 0 Å². The van der Waals surface area contributed by atoms with Crippen LogP contribution in [0.4, 0.5) is 0 Å². The Morgan fingerprint density at radius 2 is 2.15 bits per heavy atom. The molecule has 13 heavy (non-hydrogen) atoms. The van der Waals surface area contributed by atoms with E-state index < -0.39 is 0 Å². The van der Waals surface area contributed by atoms with Crippen molar-refractivity contribution in [2.75, 3.05) is 26.7 Å². The molecule has 0 radical (unpaired) electrons. The highest BCUT2D eigenvalue weighted by atomic mass is 32.1. The lowest BCUT2D eigenvalue weighted by Crippen LogP contribution is -2.45. The summed E-state index contributed by atoms with van der Waals surface area (Å²) in [4.78, 5) is 2.43. The molecular weight excluding hydrogens is 180 g/mol. The van der Waals surface area contributed by atoms with Crippen LogP contribution in [0.5, 0.6) is 0 Å². The van der Waals surface area contributed by atoms with Crippen molar-refractivity contribution in [1.29, 1.82) is 0 Å². The summed E-state index contributed by atoms with van der Waals surface area (Å²) in [6, 6.07) is 0. The predicted octanol–water partition coefficient (Wildman–Crippen LogP) is 1.62. The lowest BCUT2D eigenvalue weighted by molar-refractivity contribution is 0.108. The van der Waals surface area contributed by atoms with Crippen molar-refractivity contribution in [3.8, 4) is 0 Å². The molecule has 0 bridgehead atoms. The fraction of sp³-hybridized carbons (Fsp3) is 0.800. The highest BCUT2D eigenvalue weighted by molar-refractivity contribution is 7.77. The summed E-state index contributed by atoms with van der Waals surface area (Å²) in [6.07, 6.45) is 2.46. The van der Waals surface area contributed by atoms with Gasteiger partial charge in [0.2, 0.25) is 0 Å². The van der Waals surface area contributed by atoms with E-state index in [-0.39, 0.29) is 0 Å². The van der Waals surface area contributed by atoms with Crippen molar-refractivity contribution < 1.29 is 0 Å². The average molecular weight is 198 g/mol. The molecule has 3 heteroatoms. The minimum absolute atomic E-state index is 0.828. The summed E-state index contributed by atoms with van der Waals surface area (Å²) >= 11 is 4.42. The maximum absolute atomic E-state index is 4.42. The molecule has 74 valence electrons. The molecule has 0 amide bonds. The highest BCUT2D eigenvalue weighted by Crippen LogP contribution is 2.35. The number of piperidine rings is 2. The first-order valence-corrected chi connectivity index (χ1v) is 5.39. The van der Waals surface area contributed by atoms with Gasteiger partial charge in [-0.05, 0) is 38.3 Å². The summed E-state index contributed by atoms with van der Waals surface area (Å²) in [5.74, 6) is 1.67. The first kappa shape index (κ1) is 9.41. The Morgan fingerprint density at radius 1 is 1.38 bits per heavy atom.